The Hall–Kier alpha value is -0.0500. The molecule has 0 amide bonds. The maximum absolute atomic E-state index is 6.50. The Morgan fingerprint density at radius 1 is 1.35 bits per heavy atom. The monoisotopic (exact) mass is 315 g/mol. The van der Waals surface area contributed by atoms with E-state index in [1.807, 2.05) is 12.1 Å². The first-order valence-corrected chi connectivity index (χ1v) is 7.20. The molecule has 17 heavy (non-hydrogen) atoms. The van der Waals surface area contributed by atoms with E-state index in [0.717, 1.165) is 34.3 Å². The Labute approximate surface area is 117 Å². The minimum absolute atomic E-state index is 0.0824. The lowest BCUT2D eigenvalue weighted by molar-refractivity contribution is 0.334. The average molecular weight is 317 g/mol. The van der Waals surface area contributed by atoms with Gasteiger partial charge in [-0.15, -0.1) is 0 Å². The number of nitrogens with two attached hydrogens (primary N) is 1. The van der Waals surface area contributed by atoms with Gasteiger partial charge in [0.2, 0.25) is 0 Å². The Morgan fingerprint density at radius 3 is 2.59 bits per heavy atom. The summed E-state index contributed by atoms with van der Waals surface area (Å²) in [5, 5.41) is 0.814. The molecule has 2 rings (SSSR count). The molecular weight excluding hydrogens is 298 g/mol. The van der Waals surface area contributed by atoms with E-state index in [1.165, 1.54) is 6.42 Å². The van der Waals surface area contributed by atoms with Gasteiger partial charge in [0.15, 0.2) is 0 Å². The van der Waals surface area contributed by atoms with Gasteiger partial charge in [0.05, 0.1) is 0 Å². The van der Waals surface area contributed by atoms with Crippen molar-refractivity contribution in [1.29, 1.82) is 0 Å². The van der Waals surface area contributed by atoms with Crippen molar-refractivity contribution < 1.29 is 0 Å². The van der Waals surface area contributed by atoms with Gasteiger partial charge in [-0.05, 0) is 48.8 Å². The predicted molar refractivity (Wildman–Crippen MR) is 77.4 cm³/mol. The Kier molecular flexibility index (Phi) is 3.59. The van der Waals surface area contributed by atoms with E-state index in [-0.39, 0.29) is 5.54 Å². The summed E-state index contributed by atoms with van der Waals surface area (Å²) in [4.78, 5) is 0. The molecule has 1 aromatic rings. The molecule has 1 fully saturated rings. The van der Waals surface area contributed by atoms with Crippen molar-refractivity contribution >= 4 is 27.5 Å². The number of benzene rings is 1. The third-order valence-electron chi connectivity index (χ3n) is 3.69. The Morgan fingerprint density at radius 2 is 2.06 bits per heavy atom. The molecular formula is C14H19BrClN. The first-order valence-electron chi connectivity index (χ1n) is 6.03. The van der Waals surface area contributed by atoms with Crippen LogP contribution >= 0.6 is 27.5 Å². The van der Waals surface area contributed by atoms with Crippen LogP contribution in [0.2, 0.25) is 5.02 Å². The van der Waals surface area contributed by atoms with E-state index < -0.39 is 0 Å². The van der Waals surface area contributed by atoms with Gasteiger partial charge < -0.3 is 5.73 Å². The Bertz CT molecular complexity index is 430. The van der Waals surface area contributed by atoms with Crippen LogP contribution in [-0.2, 0) is 6.42 Å². The molecule has 1 aromatic carbocycles. The van der Waals surface area contributed by atoms with Crippen molar-refractivity contribution in [2.75, 3.05) is 0 Å². The standard InChI is InChI=1S/C14H19BrClN/c1-13(2)5-6-14(17,9-13)8-10-3-4-11(15)7-12(10)16/h3-4,7H,5-6,8-9,17H2,1-2H3. The van der Waals surface area contributed by atoms with Gasteiger partial charge in [0.25, 0.3) is 0 Å². The van der Waals surface area contributed by atoms with Crippen LogP contribution in [0.15, 0.2) is 22.7 Å². The molecule has 94 valence electrons. The van der Waals surface area contributed by atoms with Crippen LogP contribution in [0.1, 0.15) is 38.7 Å². The van der Waals surface area contributed by atoms with Crippen molar-refractivity contribution in [3.05, 3.63) is 33.3 Å². The van der Waals surface area contributed by atoms with E-state index in [2.05, 4.69) is 35.8 Å². The van der Waals surface area contributed by atoms with Crippen LogP contribution < -0.4 is 5.73 Å². The smallest absolute Gasteiger partial charge is 0.0449 e. The van der Waals surface area contributed by atoms with Crippen LogP contribution in [0.4, 0.5) is 0 Å². The summed E-state index contributed by atoms with van der Waals surface area (Å²) in [5.41, 5.74) is 7.95. The second-order valence-electron chi connectivity index (χ2n) is 6.12. The summed E-state index contributed by atoms with van der Waals surface area (Å²) in [6.45, 7) is 4.59. The molecule has 3 heteroatoms. The average Bonchev–Trinajstić information content (AvgIpc) is 2.46. The van der Waals surface area contributed by atoms with Crippen molar-refractivity contribution in [2.24, 2.45) is 11.1 Å². The van der Waals surface area contributed by atoms with Gasteiger partial charge in [0, 0.05) is 15.0 Å². The molecule has 1 atom stereocenters. The van der Waals surface area contributed by atoms with E-state index in [4.69, 9.17) is 17.3 Å². The molecule has 1 aliphatic rings. The summed E-state index contributed by atoms with van der Waals surface area (Å²) in [6, 6.07) is 6.05. The third kappa shape index (κ3) is 3.24. The molecule has 0 spiro atoms. The van der Waals surface area contributed by atoms with Gasteiger partial charge in [-0.1, -0.05) is 47.4 Å². The highest BCUT2D eigenvalue weighted by atomic mass is 79.9. The van der Waals surface area contributed by atoms with E-state index in [0.29, 0.717) is 5.41 Å². The summed E-state index contributed by atoms with van der Waals surface area (Å²) < 4.78 is 1.02. The largest absolute Gasteiger partial charge is 0.325 e. The molecule has 0 aromatic heterocycles. The molecule has 1 aliphatic carbocycles. The second kappa shape index (κ2) is 4.56. The molecule has 1 nitrogen and oxygen atoms in total. The summed E-state index contributed by atoms with van der Waals surface area (Å²) in [7, 11) is 0. The van der Waals surface area contributed by atoms with Crippen molar-refractivity contribution in [3.8, 4) is 0 Å². The normalized spacial score (nSPS) is 27.4. The lowest BCUT2D eigenvalue weighted by Crippen LogP contribution is -2.40. The molecule has 0 radical (unpaired) electrons. The first kappa shape index (κ1) is 13.4. The van der Waals surface area contributed by atoms with Crippen molar-refractivity contribution in [1.82, 2.24) is 0 Å². The lowest BCUT2D eigenvalue weighted by Gasteiger charge is -2.27. The number of hydrogen-bond acceptors (Lipinski definition) is 1. The molecule has 0 bridgehead atoms. The van der Waals surface area contributed by atoms with E-state index in [9.17, 15) is 0 Å². The number of rotatable bonds is 2. The Balaban J connectivity index is 2.16. The minimum atomic E-state index is -0.0824. The quantitative estimate of drug-likeness (QED) is 0.851. The van der Waals surface area contributed by atoms with Crippen LogP contribution in [0, 0.1) is 5.41 Å². The van der Waals surface area contributed by atoms with Gasteiger partial charge in [-0.3, -0.25) is 0 Å². The fourth-order valence-electron chi connectivity index (χ4n) is 2.91. The fraction of sp³-hybridized carbons (Fsp3) is 0.571. The van der Waals surface area contributed by atoms with Crippen molar-refractivity contribution in [3.63, 3.8) is 0 Å². The zero-order valence-electron chi connectivity index (χ0n) is 10.4. The van der Waals surface area contributed by atoms with Gasteiger partial charge in [-0.2, -0.15) is 0 Å². The second-order valence-corrected chi connectivity index (χ2v) is 7.44. The van der Waals surface area contributed by atoms with Crippen LogP contribution in [0.5, 0.6) is 0 Å². The summed E-state index contributed by atoms with van der Waals surface area (Å²) >= 11 is 9.68. The number of hydrogen-bond donors (Lipinski definition) is 1. The molecule has 0 heterocycles. The summed E-state index contributed by atoms with van der Waals surface area (Å²) in [5.74, 6) is 0. The maximum atomic E-state index is 6.50. The van der Waals surface area contributed by atoms with Gasteiger partial charge in [-0.25, -0.2) is 0 Å². The highest BCUT2D eigenvalue weighted by molar-refractivity contribution is 9.10. The SMILES string of the molecule is CC1(C)CCC(N)(Cc2ccc(Br)cc2Cl)C1. The van der Waals surface area contributed by atoms with Gasteiger partial charge >= 0.3 is 0 Å². The minimum Gasteiger partial charge on any atom is -0.325 e. The first-order chi connectivity index (χ1) is 7.80. The topological polar surface area (TPSA) is 26.0 Å². The van der Waals surface area contributed by atoms with E-state index in [1.54, 1.807) is 0 Å². The van der Waals surface area contributed by atoms with Crippen LogP contribution in [0.25, 0.3) is 0 Å². The molecule has 1 unspecified atom stereocenters. The zero-order valence-corrected chi connectivity index (χ0v) is 12.7. The summed E-state index contributed by atoms with van der Waals surface area (Å²) in [6.07, 6.45) is 4.25. The van der Waals surface area contributed by atoms with Crippen LogP contribution in [0.3, 0.4) is 0 Å². The zero-order chi connectivity index (χ0) is 12.7. The lowest BCUT2D eigenvalue weighted by atomic mass is 9.85. The highest BCUT2D eigenvalue weighted by Gasteiger charge is 2.40. The molecule has 2 N–H and O–H groups in total. The molecule has 1 saturated carbocycles. The highest BCUT2D eigenvalue weighted by Crippen LogP contribution is 2.44. The van der Waals surface area contributed by atoms with Crippen molar-refractivity contribution in [2.45, 2.75) is 45.1 Å². The van der Waals surface area contributed by atoms with Gasteiger partial charge in [0.1, 0.15) is 0 Å². The predicted octanol–water partition coefficient (Wildman–Crippen LogP) is 4.55. The fourth-order valence-corrected chi connectivity index (χ4v) is 3.65. The number of halogens is 2. The molecule has 0 aliphatic heterocycles. The van der Waals surface area contributed by atoms with Crippen LogP contribution in [-0.4, -0.2) is 5.54 Å². The molecule has 0 saturated heterocycles. The third-order valence-corrected chi connectivity index (χ3v) is 4.53. The maximum Gasteiger partial charge on any atom is 0.0449 e. The van der Waals surface area contributed by atoms with E-state index >= 15 is 0 Å².